The number of aryl methyl sites for hydroxylation is 2. The molecule has 1 atom stereocenters. The molecule has 0 N–H and O–H groups in total. The molecule has 1 aliphatic rings. The van der Waals surface area contributed by atoms with E-state index < -0.39 is 0 Å². The fraction of sp³-hybridized carbons (Fsp3) is 0.400. The third kappa shape index (κ3) is 3.37. The van der Waals surface area contributed by atoms with Crippen molar-refractivity contribution < 1.29 is 9.47 Å². The first-order chi connectivity index (χ1) is 12.2. The molecule has 4 rings (SSSR count). The average molecular weight is 337 g/mol. The van der Waals surface area contributed by atoms with E-state index in [4.69, 9.17) is 14.5 Å². The van der Waals surface area contributed by atoms with Crippen LogP contribution in [-0.2, 0) is 11.3 Å². The zero-order valence-electron chi connectivity index (χ0n) is 14.7. The second-order valence-corrected chi connectivity index (χ2v) is 6.54. The third-order valence-electron chi connectivity index (χ3n) is 4.71. The van der Waals surface area contributed by atoms with Gasteiger partial charge in [-0.05, 0) is 56.5 Å². The van der Waals surface area contributed by atoms with Crippen LogP contribution in [0.2, 0.25) is 0 Å². The number of nitrogens with zero attached hydrogens (tertiary/aromatic N) is 3. The van der Waals surface area contributed by atoms with Crippen LogP contribution in [0.25, 0.3) is 22.3 Å². The first kappa shape index (κ1) is 16.1. The van der Waals surface area contributed by atoms with Crippen molar-refractivity contribution in [3.05, 3.63) is 42.4 Å². The quantitative estimate of drug-likeness (QED) is 0.706. The number of rotatable bonds is 5. The monoisotopic (exact) mass is 337 g/mol. The minimum absolute atomic E-state index is 0.228. The molecule has 0 saturated carbocycles. The van der Waals surface area contributed by atoms with Crippen molar-refractivity contribution in [3.63, 3.8) is 0 Å². The Morgan fingerprint density at radius 1 is 1.28 bits per heavy atom. The minimum atomic E-state index is 0.228. The number of pyridine rings is 1. The van der Waals surface area contributed by atoms with Crippen molar-refractivity contribution in [2.75, 3.05) is 13.2 Å². The molecule has 0 spiro atoms. The smallest absolute Gasteiger partial charge is 0.120 e. The third-order valence-corrected chi connectivity index (χ3v) is 4.71. The Morgan fingerprint density at radius 3 is 2.96 bits per heavy atom. The number of hydrogen-bond acceptors (Lipinski definition) is 4. The maximum absolute atomic E-state index is 5.92. The highest BCUT2D eigenvalue weighted by atomic mass is 16.5. The fourth-order valence-electron chi connectivity index (χ4n) is 3.22. The number of ether oxygens (including phenoxy) is 2. The van der Waals surface area contributed by atoms with Crippen LogP contribution >= 0.6 is 0 Å². The SMILES string of the molecule is CCn1cnc(-c2cc(C)c3cc(OCC4CCCO4)ccc3n2)c1. The lowest BCUT2D eigenvalue weighted by Crippen LogP contribution is -2.16. The van der Waals surface area contributed by atoms with E-state index in [0.29, 0.717) is 6.61 Å². The molecule has 2 aromatic heterocycles. The number of hydrogen-bond donors (Lipinski definition) is 0. The predicted octanol–water partition coefficient (Wildman–Crippen LogP) is 3.98. The largest absolute Gasteiger partial charge is 0.491 e. The van der Waals surface area contributed by atoms with Crippen LogP contribution in [0, 0.1) is 6.92 Å². The predicted molar refractivity (Wildman–Crippen MR) is 97.8 cm³/mol. The lowest BCUT2D eigenvalue weighted by atomic mass is 10.1. The summed E-state index contributed by atoms with van der Waals surface area (Å²) in [5.41, 5.74) is 3.95. The van der Waals surface area contributed by atoms with Gasteiger partial charge in [-0.15, -0.1) is 0 Å². The Bertz CT molecular complexity index is 882. The highest BCUT2D eigenvalue weighted by Gasteiger charge is 2.16. The van der Waals surface area contributed by atoms with E-state index in [1.807, 2.05) is 24.7 Å². The molecule has 25 heavy (non-hydrogen) atoms. The Morgan fingerprint density at radius 2 is 2.20 bits per heavy atom. The molecular weight excluding hydrogens is 314 g/mol. The number of imidazole rings is 1. The van der Waals surface area contributed by atoms with E-state index in [-0.39, 0.29) is 6.10 Å². The van der Waals surface area contributed by atoms with Crippen LogP contribution in [0.15, 0.2) is 36.8 Å². The highest BCUT2D eigenvalue weighted by molar-refractivity contribution is 5.85. The van der Waals surface area contributed by atoms with Gasteiger partial charge in [0.05, 0.1) is 23.6 Å². The van der Waals surface area contributed by atoms with Crippen LogP contribution in [0.1, 0.15) is 25.3 Å². The zero-order chi connectivity index (χ0) is 17.2. The van der Waals surface area contributed by atoms with Crippen LogP contribution < -0.4 is 4.74 Å². The molecule has 3 heterocycles. The van der Waals surface area contributed by atoms with Crippen molar-refractivity contribution in [2.45, 2.75) is 39.3 Å². The van der Waals surface area contributed by atoms with Crippen LogP contribution in [0.5, 0.6) is 5.75 Å². The van der Waals surface area contributed by atoms with Crippen molar-refractivity contribution in [3.8, 4) is 17.1 Å². The molecule has 3 aromatic rings. The molecule has 5 nitrogen and oxygen atoms in total. The molecule has 0 aliphatic carbocycles. The highest BCUT2D eigenvalue weighted by Crippen LogP contribution is 2.27. The lowest BCUT2D eigenvalue weighted by molar-refractivity contribution is 0.0680. The molecule has 0 bridgehead atoms. The van der Waals surface area contributed by atoms with Gasteiger partial charge in [-0.25, -0.2) is 9.97 Å². The summed E-state index contributed by atoms with van der Waals surface area (Å²) in [5.74, 6) is 0.871. The molecule has 1 aliphatic heterocycles. The topological polar surface area (TPSA) is 49.2 Å². The Balaban J connectivity index is 1.60. The molecule has 1 saturated heterocycles. The van der Waals surface area contributed by atoms with Gasteiger partial charge in [0.25, 0.3) is 0 Å². The summed E-state index contributed by atoms with van der Waals surface area (Å²) in [5, 5.41) is 1.11. The molecule has 1 fully saturated rings. The van der Waals surface area contributed by atoms with Crippen molar-refractivity contribution in [1.82, 2.24) is 14.5 Å². The van der Waals surface area contributed by atoms with E-state index in [9.17, 15) is 0 Å². The Hall–Kier alpha value is -2.40. The van der Waals surface area contributed by atoms with Crippen LogP contribution in [0.4, 0.5) is 0 Å². The van der Waals surface area contributed by atoms with E-state index >= 15 is 0 Å². The maximum Gasteiger partial charge on any atom is 0.120 e. The van der Waals surface area contributed by atoms with Gasteiger partial charge in [-0.1, -0.05) is 0 Å². The average Bonchev–Trinajstić information content (AvgIpc) is 3.31. The summed E-state index contributed by atoms with van der Waals surface area (Å²) in [6.07, 6.45) is 6.32. The van der Waals surface area contributed by atoms with Crippen LogP contribution in [-0.4, -0.2) is 33.9 Å². The van der Waals surface area contributed by atoms with E-state index in [1.165, 1.54) is 5.56 Å². The number of aromatic nitrogens is 3. The van der Waals surface area contributed by atoms with Gasteiger partial charge < -0.3 is 14.0 Å². The first-order valence-corrected chi connectivity index (χ1v) is 8.91. The van der Waals surface area contributed by atoms with Gasteiger partial charge in [0.2, 0.25) is 0 Å². The molecule has 5 heteroatoms. The lowest BCUT2D eigenvalue weighted by Gasteiger charge is -2.12. The molecule has 0 amide bonds. The fourth-order valence-corrected chi connectivity index (χ4v) is 3.22. The van der Waals surface area contributed by atoms with E-state index in [1.54, 1.807) is 0 Å². The first-order valence-electron chi connectivity index (χ1n) is 8.91. The van der Waals surface area contributed by atoms with Gasteiger partial charge in [0.15, 0.2) is 0 Å². The van der Waals surface area contributed by atoms with Gasteiger partial charge in [0, 0.05) is 24.7 Å². The van der Waals surface area contributed by atoms with Crippen molar-refractivity contribution in [2.24, 2.45) is 0 Å². The summed E-state index contributed by atoms with van der Waals surface area (Å²) in [4.78, 5) is 9.23. The van der Waals surface area contributed by atoms with E-state index in [0.717, 1.165) is 54.0 Å². The Labute approximate surface area is 147 Å². The summed E-state index contributed by atoms with van der Waals surface area (Å²) < 4.78 is 13.6. The summed E-state index contributed by atoms with van der Waals surface area (Å²) in [7, 11) is 0. The van der Waals surface area contributed by atoms with Crippen molar-refractivity contribution in [1.29, 1.82) is 0 Å². The number of fused-ring (bicyclic) bond motifs is 1. The summed E-state index contributed by atoms with van der Waals surface area (Å²) >= 11 is 0. The van der Waals surface area contributed by atoms with Gasteiger partial charge >= 0.3 is 0 Å². The maximum atomic E-state index is 5.92. The van der Waals surface area contributed by atoms with Gasteiger partial charge in [-0.3, -0.25) is 0 Å². The summed E-state index contributed by atoms with van der Waals surface area (Å²) in [6.45, 7) is 6.58. The van der Waals surface area contributed by atoms with Gasteiger partial charge in [0.1, 0.15) is 18.1 Å². The summed E-state index contributed by atoms with van der Waals surface area (Å²) in [6, 6.07) is 8.17. The van der Waals surface area contributed by atoms with Crippen molar-refractivity contribution >= 4 is 10.9 Å². The number of benzene rings is 1. The normalized spacial score (nSPS) is 17.3. The second kappa shape index (κ2) is 6.84. The Kier molecular flexibility index (Phi) is 4.40. The molecule has 130 valence electrons. The van der Waals surface area contributed by atoms with E-state index in [2.05, 4.69) is 35.5 Å². The molecule has 1 unspecified atom stereocenters. The molecule has 1 aromatic carbocycles. The molecular formula is C20H23N3O2. The minimum Gasteiger partial charge on any atom is -0.491 e. The van der Waals surface area contributed by atoms with Crippen LogP contribution in [0.3, 0.4) is 0 Å². The standard InChI is InChI=1S/C20H23N3O2/c1-3-23-11-20(21-13-23)19-9-14(2)17-10-15(6-7-18(17)22-19)25-12-16-5-4-8-24-16/h6-7,9-11,13,16H,3-5,8,12H2,1-2H3. The molecule has 0 radical (unpaired) electrons. The van der Waals surface area contributed by atoms with Gasteiger partial charge in [-0.2, -0.15) is 0 Å². The zero-order valence-corrected chi connectivity index (χ0v) is 14.7. The second-order valence-electron chi connectivity index (χ2n) is 6.54.